The van der Waals surface area contributed by atoms with Crippen LogP contribution in [0.4, 0.5) is 5.69 Å². The van der Waals surface area contributed by atoms with Gasteiger partial charge < -0.3 is 14.2 Å². The van der Waals surface area contributed by atoms with Crippen LogP contribution in [0.3, 0.4) is 0 Å². The summed E-state index contributed by atoms with van der Waals surface area (Å²) >= 11 is 6.09. The second-order valence-corrected chi connectivity index (χ2v) is 6.24. The number of cyclic esters (lactones) is 1. The number of hydrogen-bond donors (Lipinski definition) is 0. The number of nitro benzene ring substituents is 1. The Morgan fingerprint density at radius 3 is 2.55 bits per heavy atom. The lowest BCUT2D eigenvalue weighted by Gasteiger charge is -2.11. The largest absolute Gasteiger partial charge is 0.490 e. The molecule has 2 aromatic carbocycles. The van der Waals surface area contributed by atoms with Crippen molar-refractivity contribution in [1.82, 2.24) is 0 Å². The zero-order valence-electron chi connectivity index (χ0n) is 15.7. The number of nitro groups is 1. The quantitative estimate of drug-likeness (QED) is 0.287. The first kappa shape index (κ1) is 20.3. The molecule has 3 rings (SSSR count). The molecule has 0 amide bonds. The number of carbonyl (C=O) groups excluding carboxylic acids is 1. The minimum absolute atomic E-state index is 0.0363. The van der Waals surface area contributed by atoms with Gasteiger partial charge in [-0.1, -0.05) is 17.7 Å². The van der Waals surface area contributed by atoms with Gasteiger partial charge >= 0.3 is 5.97 Å². The van der Waals surface area contributed by atoms with Crippen molar-refractivity contribution >= 4 is 35.2 Å². The van der Waals surface area contributed by atoms with E-state index in [-0.39, 0.29) is 27.9 Å². The lowest BCUT2D eigenvalue weighted by atomic mass is 10.1. The fourth-order valence-electron chi connectivity index (χ4n) is 2.63. The van der Waals surface area contributed by atoms with Gasteiger partial charge in [0, 0.05) is 12.1 Å². The first-order valence-corrected chi connectivity index (χ1v) is 9.17. The Morgan fingerprint density at radius 1 is 1.14 bits per heavy atom. The molecule has 0 spiro atoms. The Bertz CT molecular complexity index is 1030. The monoisotopic (exact) mass is 416 g/mol. The molecule has 29 heavy (non-hydrogen) atoms. The molecule has 2 aromatic rings. The minimum atomic E-state index is -0.686. The maximum atomic E-state index is 12.2. The molecule has 0 saturated carbocycles. The first-order valence-electron chi connectivity index (χ1n) is 8.79. The van der Waals surface area contributed by atoms with Gasteiger partial charge in [-0.05, 0) is 43.7 Å². The fraction of sp³-hybridized carbons (Fsp3) is 0.200. The number of non-ortho nitro benzene ring substituents is 1. The van der Waals surface area contributed by atoms with E-state index in [2.05, 4.69) is 4.99 Å². The topological polar surface area (TPSA) is 100 Å². The number of nitrogens with zero attached hydrogens (tertiary/aromatic N) is 2. The summed E-state index contributed by atoms with van der Waals surface area (Å²) < 4.78 is 16.3. The standard InChI is InChI=1S/C20H17ClN2O6/c1-3-27-17-8-5-12(10-18(17)28-4-2)9-16-20(24)29-19(22-16)14-11-13(23(25)26)6-7-15(14)21/h5-11H,3-4H2,1-2H3/b16-9+. The van der Waals surface area contributed by atoms with E-state index in [0.29, 0.717) is 30.3 Å². The molecular formula is C20H17ClN2O6. The van der Waals surface area contributed by atoms with Crippen LogP contribution >= 0.6 is 11.6 Å². The van der Waals surface area contributed by atoms with Gasteiger partial charge in [0.05, 0.1) is 28.7 Å². The Labute approximate surface area is 171 Å². The summed E-state index contributed by atoms with van der Waals surface area (Å²) in [5.74, 6) is 0.361. The van der Waals surface area contributed by atoms with E-state index >= 15 is 0 Å². The second-order valence-electron chi connectivity index (χ2n) is 5.83. The number of hydrogen-bond acceptors (Lipinski definition) is 7. The molecule has 0 saturated heterocycles. The molecule has 0 fully saturated rings. The molecule has 0 atom stereocenters. The van der Waals surface area contributed by atoms with Gasteiger partial charge in [0.25, 0.3) is 5.69 Å². The van der Waals surface area contributed by atoms with Crippen molar-refractivity contribution in [2.75, 3.05) is 13.2 Å². The average molecular weight is 417 g/mol. The molecule has 0 unspecified atom stereocenters. The van der Waals surface area contributed by atoms with Crippen molar-refractivity contribution in [2.45, 2.75) is 13.8 Å². The van der Waals surface area contributed by atoms with Crippen molar-refractivity contribution in [1.29, 1.82) is 0 Å². The molecule has 0 radical (unpaired) electrons. The van der Waals surface area contributed by atoms with E-state index in [1.807, 2.05) is 13.8 Å². The van der Waals surface area contributed by atoms with Crippen LogP contribution in [0.1, 0.15) is 25.0 Å². The molecule has 0 bridgehead atoms. The Balaban J connectivity index is 1.96. The molecule has 0 aliphatic carbocycles. The summed E-state index contributed by atoms with van der Waals surface area (Å²) in [6.07, 6.45) is 1.53. The number of esters is 1. The predicted octanol–water partition coefficient (Wildman–Crippen LogP) is 4.39. The van der Waals surface area contributed by atoms with Gasteiger partial charge in [0.1, 0.15) is 0 Å². The highest BCUT2D eigenvalue weighted by Gasteiger charge is 2.27. The third kappa shape index (κ3) is 4.55. The van der Waals surface area contributed by atoms with E-state index in [1.54, 1.807) is 18.2 Å². The average Bonchev–Trinajstić information content (AvgIpc) is 3.04. The SMILES string of the molecule is CCOc1ccc(/C=C2/N=C(c3cc([N+](=O)[O-])ccc3Cl)OC2=O)cc1OCC. The zero-order chi connectivity index (χ0) is 21.0. The van der Waals surface area contributed by atoms with Crippen LogP contribution in [-0.4, -0.2) is 30.0 Å². The molecule has 1 heterocycles. The minimum Gasteiger partial charge on any atom is -0.490 e. The first-order chi connectivity index (χ1) is 13.9. The van der Waals surface area contributed by atoms with Crippen molar-refractivity contribution in [3.05, 3.63) is 68.4 Å². The summed E-state index contributed by atoms with van der Waals surface area (Å²) in [5, 5.41) is 11.2. The van der Waals surface area contributed by atoms with Gasteiger partial charge in [-0.2, -0.15) is 0 Å². The van der Waals surface area contributed by atoms with Crippen LogP contribution in [0.25, 0.3) is 6.08 Å². The van der Waals surface area contributed by atoms with Crippen molar-refractivity contribution < 1.29 is 23.9 Å². The van der Waals surface area contributed by atoms with E-state index in [9.17, 15) is 14.9 Å². The van der Waals surface area contributed by atoms with Crippen LogP contribution in [0.2, 0.25) is 5.02 Å². The summed E-state index contributed by atoms with van der Waals surface area (Å²) in [4.78, 5) is 26.8. The summed E-state index contributed by atoms with van der Waals surface area (Å²) in [6, 6.07) is 9.04. The van der Waals surface area contributed by atoms with Gasteiger partial charge in [-0.15, -0.1) is 0 Å². The number of carbonyl (C=O) groups is 1. The van der Waals surface area contributed by atoms with Gasteiger partial charge in [-0.3, -0.25) is 10.1 Å². The number of halogens is 1. The molecule has 1 aliphatic rings. The maximum Gasteiger partial charge on any atom is 0.363 e. The van der Waals surface area contributed by atoms with E-state index in [0.717, 1.165) is 0 Å². The van der Waals surface area contributed by atoms with Crippen LogP contribution in [0, 0.1) is 10.1 Å². The molecule has 8 nitrogen and oxygen atoms in total. The second kappa shape index (κ2) is 8.74. The number of rotatable bonds is 7. The van der Waals surface area contributed by atoms with E-state index < -0.39 is 10.9 Å². The maximum absolute atomic E-state index is 12.2. The fourth-order valence-corrected chi connectivity index (χ4v) is 2.83. The predicted molar refractivity (Wildman–Crippen MR) is 107 cm³/mol. The Morgan fingerprint density at radius 2 is 1.86 bits per heavy atom. The smallest absolute Gasteiger partial charge is 0.363 e. The van der Waals surface area contributed by atoms with Crippen molar-refractivity contribution in [2.24, 2.45) is 4.99 Å². The summed E-state index contributed by atoms with van der Waals surface area (Å²) in [7, 11) is 0. The highest BCUT2D eigenvalue weighted by atomic mass is 35.5. The van der Waals surface area contributed by atoms with Crippen molar-refractivity contribution in [3.8, 4) is 11.5 Å². The molecular weight excluding hydrogens is 400 g/mol. The highest BCUT2D eigenvalue weighted by molar-refractivity contribution is 6.34. The molecule has 1 aliphatic heterocycles. The number of aliphatic imine (C=N–C) groups is 1. The van der Waals surface area contributed by atoms with Crippen LogP contribution in [0.15, 0.2) is 47.1 Å². The number of ether oxygens (including phenoxy) is 3. The number of benzene rings is 2. The Kier molecular flexibility index (Phi) is 6.13. The molecule has 9 heteroatoms. The van der Waals surface area contributed by atoms with Gasteiger partial charge in [-0.25, -0.2) is 9.79 Å². The lowest BCUT2D eigenvalue weighted by molar-refractivity contribution is -0.384. The lowest BCUT2D eigenvalue weighted by Crippen LogP contribution is -2.06. The third-order valence-corrected chi connectivity index (χ3v) is 4.21. The normalized spacial score (nSPS) is 14.5. The molecule has 0 aromatic heterocycles. The van der Waals surface area contributed by atoms with Crippen LogP contribution in [0.5, 0.6) is 11.5 Å². The zero-order valence-corrected chi connectivity index (χ0v) is 16.4. The highest BCUT2D eigenvalue weighted by Crippen LogP contribution is 2.31. The summed E-state index contributed by atoms with van der Waals surface area (Å²) in [6.45, 7) is 4.67. The van der Waals surface area contributed by atoms with Crippen LogP contribution in [-0.2, 0) is 9.53 Å². The van der Waals surface area contributed by atoms with E-state index in [1.165, 1.54) is 24.3 Å². The van der Waals surface area contributed by atoms with E-state index in [4.69, 9.17) is 25.8 Å². The van der Waals surface area contributed by atoms with Gasteiger partial charge in [0.15, 0.2) is 17.2 Å². The Hall–Kier alpha value is -3.39. The van der Waals surface area contributed by atoms with Crippen molar-refractivity contribution in [3.63, 3.8) is 0 Å². The third-order valence-electron chi connectivity index (χ3n) is 3.88. The summed E-state index contributed by atoms with van der Waals surface area (Å²) in [5.41, 5.74) is 0.668. The molecule has 150 valence electrons. The molecule has 0 N–H and O–H groups in total. The van der Waals surface area contributed by atoms with Gasteiger partial charge in [0.2, 0.25) is 5.90 Å². The van der Waals surface area contributed by atoms with Crippen LogP contribution < -0.4 is 9.47 Å².